The minimum atomic E-state index is -0.207. The second kappa shape index (κ2) is 7.84. The lowest BCUT2D eigenvalue weighted by Crippen LogP contribution is -2.48. The van der Waals surface area contributed by atoms with E-state index in [1.165, 1.54) is 12.1 Å². The number of nitrogens with zero attached hydrogens (tertiary/aromatic N) is 1. The van der Waals surface area contributed by atoms with Crippen molar-refractivity contribution < 1.29 is 14.2 Å². The number of ether oxygens (including phenoxy) is 1. The minimum absolute atomic E-state index is 0.0637. The van der Waals surface area contributed by atoms with Gasteiger partial charge in [-0.3, -0.25) is 4.90 Å². The summed E-state index contributed by atoms with van der Waals surface area (Å²) >= 11 is 0. The quantitative estimate of drug-likeness (QED) is 0.836. The van der Waals surface area contributed by atoms with Crippen LogP contribution in [0.25, 0.3) is 0 Å². The fourth-order valence-electron chi connectivity index (χ4n) is 2.91. The molecule has 1 saturated heterocycles. The van der Waals surface area contributed by atoms with Crippen molar-refractivity contribution in [1.82, 2.24) is 10.2 Å². The number of morpholine rings is 1. The summed E-state index contributed by atoms with van der Waals surface area (Å²) in [6, 6.07) is 6.86. The van der Waals surface area contributed by atoms with Crippen LogP contribution in [0.3, 0.4) is 0 Å². The Bertz CT molecular complexity index is 427. The average Bonchev–Trinajstić information content (AvgIpc) is 2.49. The topological polar surface area (TPSA) is 44.7 Å². The summed E-state index contributed by atoms with van der Waals surface area (Å²) in [6.07, 6.45) is 0.995. The summed E-state index contributed by atoms with van der Waals surface area (Å²) in [5.74, 6) is -0.207. The Hall–Kier alpha value is -1.01. The first-order valence-corrected chi connectivity index (χ1v) is 7.53. The van der Waals surface area contributed by atoms with E-state index in [0.29, 0.717) is 0 Å². The zero-order valence-electron chi connectivity index (χ0n) is 12.8. The molecule has 2 N–H and O–H groups in total. The van der Waals surface area contributed by atoms with Gasteiger partial charge in [0.1, 0.15) is 5.82 Å². The van der Waals surface area contributed by atoms with Gasteiger partial charge in [-0.2, -0.15) is 0 Å². The molecule has 1 heterocycles. The summed E-state index contributed by atoms with van der Waals surface area (Å²) < 4.78 is 18.6. The zero-order valence-corrected chi connectivity index (χ0v) is 12.8. The normalized spacial score (nSPS) is 25.0. The smallest absolute Gasteiger partial charge is 0.123 e. The van der Waals surface area contributed by atoms with E-state index in [-0.39, 0.29) is 30.7 Å². The van der Waals surface area contributed by atoms with Crippen LogP contribution in [0.4, 0.5) is 4.39 Å². The van der Waals surface area contributed by atoms with E-state index < -0.39 is 0 Å². The number of rotatable bonds is 6. The van der Waals surface area contributed by atoms with Gasteiger partial charge in [-0.15, -0.1) is 0 Å². The Kier molecular flexibility index (Phi) is 6.11. The summed E-state index contributed by atoms with van der Waals surface area (Å²) in [7, 11) is 1.92. The fraction of sp³-hybridized carbons (Fsp3) is 0.625. The van der Waals surface area contributed by atoms with E-state index in [0.717, 1.165) is 31.6 Å². The Labute approximate surface area is 125 Å². The molecule has 0 saturated carbocycles. The molecule has 4 nitrogen and oxygen atoms in total. The Morgan fingerprint density at radius 2 is 2.10 bits per heavy atom. The molecule has 118 valence electrons. The maximum Gasteiger partial charge on any atom is 0.123 e. The lowest BCUT2D eigenvalue weighted by molar-refractivity contribution is -0.0955. The third-order valence-electron chi connectivity index (χ3n) is 3.96. The van der Waals surface area contributed by atoms with E-state index in [1.54, 1.807) is 0 Å². The molecule has 3 atom stereocenters. The number of hydrogen-bond acceptors (Lipinski definition) is 4. The van der Waals surface area contributed by atoms with Crippen LogP contribution in [0.1, 0.15) is 24.9 Å². The highest BCUT2D eigenvalue weighted by atomic mass is 19.1. The molecule has 5 heteroatoms. The molecular weight excluding hydrogens is 271 g/mol. The average molecular weight is 296 g/mol. The van der Waals surface area contributed by atoms with Crippen molar-refractivity contribution in [2.75, 3.05) is 33.3 Å². The summed E-state index contributed by atoms with van der Waals surface area (Å²) in [5.41, 5.74) is 1.10. The molecule has 1 aliphatic heterocycles. The van der Waals surface area contributed by atoms with Crippen LogP contribution in [0.2, 0.25) is 0 Å². The molecule has 1 aromatic carbocycles. The highest BCUT2D eigenvalue weighted by Gasteiger charge is 2.25. The molecule has 0 aromatic heterocycles. The number of aliphatic hydroxyl groups is 1. The number of aliphatic hydroxyl groups excluding tert-OH is 1. The van der Waals surface area contributed by atoms with Gasteiger partial charge in [-0.25, -0.2) is 4.39 Å². The van der Waals surface area contributed by atoms with E-state index >= 15 is 0 Å². The molecule has 2 rings (SSSR count). The largest absolute Gasteiger partial charge is 0.394 e. The maximum absolute atomic E-state index is 13.0. The van der Waals surface area contributed by atoms with Gasteiger partial charge < -0.3 is 15.2 Å². The van der Waals surface area contributed by atoms with Crippen LogP contribution in [0.15, 0.2) is 24.3 Å². The first-order valence-electron chi connectivity index (χ1n) is 7.53. The lowest BCUT2D eigenvalue weighted by Gasteiger charge is -2.36. The number of nitrogens with one attached hydrogen (secondary N) is 1. The number of hydrogen-bond donors (Lipinski definition) is 2. The summed E-state index contributed by atoms with van der Waals surface area (Å²) in [6.45, 7) is 4.67. The zero-order chi connectivity index (χ0) is 15.2. The summed E-state index contributed by atoms with van der Waals surface area (Å²) in [5, 5.41) is 12.5. The highest BCUT2D eigenvalue weighted by molar-refractivity contribution is 5.19. The van der Waals surface area contributed by atoms with Crippen molar-refractivity contribution in [3.8, 4) is 0 Å². The van der Waals surface area contributed by atoms with Crippen LogP contribution in [-0.4, -0.2) is 55.5 Å². The number of benzene rings is 1. The standard InChI is InChI=1S/C16H25FN2O2/c1-12-9-19(10-15(11-20)21-12)8-7-16(18-2)13-3-5-14(17)6-4-13/h3-6,12,15-16,18,20H,7-11H2,1-2H3. The molecule has 1 aliphatic rings. The van der Waals surface area contributed by atoms with Gasteiger partial charge in [0.2, 0.25) is 0 Å². The van der Waals surface area contributed by atoms with Crippen LogP contribution in [0, 0.1) is 5.82 Å². The lowest BCUT2D eigenvalue weighted by atomic mass is 10.0. The first kappa shape index (κ1) is 16.4. The molecule has 0 aliphatic carbocycles. The van der Waals surface area contributed by atoms with E-state index in [4.69, 9.17) is 4.74 Å². The van der Waals surface area contributed by atoms with Crippen molar-refractivity contribution in [3.63, 3.8) is 0 Å². The molecule has 1 fully saturated rings. The maximum atomic E-state index is 13.0. The molecule has 0 amide bonds. The third kappa shape index (κ3) is 4.74. The van der Waals surface area contributed by atoms with Gasteiger partial charge in [-0.1, -0.05) is 12.1 Å². The van der Waals surface area contributed by atoms with Crippen LogP contribution in [0.5, 0.6) is 0 Å². The van der Waals surface area contributed by atoms with Crippen LogP contribution < -0.4 is 5.32 Å². The molecular formula is C16H25FN2O2. The molecule has 0 spiro atoms. The van der Waals surface area contributed by atoms with E-state index in [2.05, 4.69) is 10.2 Å². The van der Waals surface area contributed by atoms with Gasteiger partial charge in [0, 0.05) is 25.7 Å². The van der Waals surface area contributed by atoms with Crippen molar-refractivity contribution in [1.29, 1.82) is 0 Å². The van der Waals surface area contributed by atoms with Crippen molar-refractivity contribution in [2.45, 2.75) is 31.6 Å². The van der Waals surface area contributed by atoms with E-state index in [1.807, 2.05) is 26.1 Å². The molecule has 1 aromatic rings. The SMILES string of the molecule is CNC(CCN1CC(C)OC(CO)C1)c1ccc(F)cc1. The third-order valence-corrected chi connectivity index (χ3v) is 3.96. The van der Waals surface area contributed by atoms with Gasteiger partial charge in [0.15, 0.2) is 0 Å². The van der Waals surface area contributed by atoms with Crippen LogP contribution >= 0.6 is 0 Å². The highest BCUT2D eigenvalue weighted by Crippen LogP contribution is 2.19. The summed E-state index contributed by atoms with van der Waals surface area (Å²) in [4.78, 5) is 2.32. The second-order valence-electron chi connectivity index (χ2n) is 5.69. The van der Waals surface area contributed by atoms with Gasteiger partial charge in [-0.05, 0) is 38.1 Å². The minimum Gasteiger partial charge on any atom is -0.394 e. The van der Waals surface area contributed by atoms with Crippen LogP contribution in [-0.2, 0) is 4.74 Å². The number of halogens is 1. The predicted molar refractivity (Wildman–Crippen MR) is 80.7 cm³/mol. The Morgan fingerprint density at radius 1 is 1.38 bits per heavy atom. The Balaban J connectivity index is 1.89. The molecule has 0 bridgehead atoms. The second-order valence-corrected chi connectivity index (χ2v) is 5.69. The van der Waals surface area contributed by atoms with E-state index in [9.17, 15) is 9.50 Å². The Morgan fingerprint density at radius 3 is 2.71 bits per heavy atom. The predicted octanol–water partition coefficient (Wildman–Crippen LogP) is 1.56. The van der Waals surface area contributed by atoms with Gasteiger partial charge in [0.25, 0.3) is 0 Å². The molecule has 0 radical (unpaired) electrons. The van der Waals surface area contributed by atoms with Gasteiger partial charge >= 0.3 is 0 Å². The molecule has 21 heavy (non-hydrogen) atoms. The van der Waals surface area contributed by atoms with Crippen molar-refractivity contribution in [3.05, 3.63) is 35.6 Å². The molecule has 3 unspecified atom stereocenters. The monoisotopic (exact) mass is 296 g/mol. The van der Waals surface area contributed by atoms with Crippen molar-refractivity contribution in [2.24, 2.45) is 0 Å². The van der Waals surface area contributed by atoms with Crippen molar-refractivity contribution >= 4 is 0 Å². The van der Waals surface area contributed by atoms with Gasteiger partial charge in [0.05, 0.1) is 18.8 Å². The first-order chi connectivity index (χ1) is 10.1. The fourth-order valence-corrected chi connectivity index (χ4v) is 2.91.